The van der Waals surface area contributed by atoms with Crippen molar-refractivity contribution in [2.24, 2.45) is 0 Å². The molecule has 0 aliphatic rings. The first-order valence-corrected chi connectivity index (χ1v) is 7.12. The molecule has 0 bridgehead atoms. The van der Waals surface area contributed by atoms with Gasteiger partial charge in [0.15, 0.2) is 0 Å². The molecule has 2 heterocycles. The Kier molecular flexibility index (Phi) is 3.78. The molecule has 1 aromatic carbocycles. The van der Waals surface area contributed by atoms with Gasteiger partial charge in [-0.2, -0.15) is 0 Å². The Bertz CT molecular complexity index is 826. The maximum Gasteiger partial charge on any atom is 0.258 e. The second-order valence-corrected chi connectivity index (χ2v) is 4.99. The summed E-state index contributed by atoms with van der Waals surface area (Å²) in [5.41, 5.74) is 2.34. The zero-order valence-corrected chi connectivity index (χ0v) is 12.4. The van der Waals surface area contributed by atoms with Crippen molar-refractivity contribution in [3.05, 3.63) is 41.6 Å². The summed E-state index contributed by atoms with van der Waals surface area (Å²) >= 11 is 0. The molecule has 0 saturated carbocycles. The summed E-state index contributed by atoms with van der Waals surface area (Å²) in [6, 6.07) is 7.43. The lowest BCUT2D eigenvalue weighted by atomic mass is 10.0. The number of amides is 1. The minimum Gasteiger partial charge on any atom is -0.289 e. The fraction of sp³-hybridized carbons (Fsp3) is 0.267. The van der Waals surface area contributed by atoms with Gasteiger partial charge in [0.2, 0.25) is 5.95 Å². The van der Waals surface area contributed by atoms with Crippen molar-refractivity contribution in [1.29, 1.82) is 0 Å². The highest BCUT2D eigenvalue weighted by Crippen LogP contribution is 2.20. The van der Waals surface area contributed by atoms with Gasteiger partial charge >= 0.3 is 0 Å². The lowest BCUT2D eigenvalue weighted by molar-refractivity contribution is 0.102. The van der Waals surface area contributed by atoms with E-state index in [2.05, 4.69) is 25.8 Å². The van der Waals surface area contributed by atoms with Crippen LogP contribution in [0, 0.1) is 6.92 Å². The summed E-state index contributed by atoms with van der Waals surface area (Å²) in [6.45, 7) is 4.59. The molecular formula is C15H16N6O. The standard InChI is InChI=1S/C15H16N6O/c1-3-9-21-15(18-19-20-21)17-14(22)12-6-7-13-11(10(12)2)5-4-8-16-13/h4-8H,3,9H2,1-2H3,(H,17,18,20,22). The highest BCUT2D eigenvalue weighted by atomic mass is 16.1. The number of hydrogen-bond donors (Lipinski definition) is 1. The maximum absolute atomic E-state index is 12.5. The number of hydrogen-bond acceptors (Lipinski definition) is 5. The number of anilines is 1. The molecule has 22 heavy (non-hydrogen) atoms. The van der Waals surface area contributed by atoms with Gasteiger partial charge < -0.3 is 0 Å². The number of carbonyl (C=O) groups is 1. The van der Waals surface area contributed by atoms with E-state index >= 15 is 0 Å². The molecule has 0 fully saturated rings. The van der Waals surface area contributed by atoms with Gasteiger partial charge in [0, 0.05) is 23.7 Å². The third-order valence-corrected chi connectivity index (χ3v) is 3.49. The number of aromatic nitrogens is 5. The Morgan fingerprint density at radius 3 is 3.00 bits per heavy atom. The lowest BCUT2D eigenvalue weighted by Crippen LogP contribution is -2.17. The van der Waals surface area contributed by atoms with Crippen LogP contribution in [-0.4, -0.2) is 31.1 Å². The minimum absolute atomic E-state index is 0.226. The van der Waals surface area contributed by atoms with Crippen LogP contribution in [-0.2, 0) is 6.54 Å². The molecule has 112 valence electrons. The molecule has 0 aliphatic heterocycles. The number of rotatable bonds is 4. The molecule has 1 N–H and O–H groups in total. The maximum atomic E-state index is 12.5. The first-order chi connectivity index (χ1) is 10.7. The van der Waals surface area contributed by atoms with E-state index in [1.54, 1.807) is 16.9 Å². The van der Waals surface area contributed by atoms with E-state index in [0.29, 0.717) is 18.1 Å². The quantitative estimate of drug-likeness (QED) is 0.797. The zero-order chi connectivity index (χ0) is 15.5. The van der Waals surface area contributed by atoms with Crippen LogP contribution < -0.4 is 5.32 Å². The molecule has 0 unspecified atom stereocenters. The van der Waals surface area contributed by atoms with Crippen molar-refractivity contribution in [3.8, 4) is 0 Å². The number of nitrogens with zero attached hydrogens (tertiary/aromatic N) is 5. The summed E-state index contributed by atoms with van der Waals surface area (Å²) in [6.07, 6.45) is 2.62. The van der Waals surface area contributed by atoms with Crippen LogP contribution in [0.3, 0.4) is 0 Å². The van der Waals surface area contributed by atoms with E-state index in [1.165, 1.54) is 0 Å². The summed E-state index contributed by atoms with van der Waals surface area (Å²) < 4.78 is 1.58. The molecule has 0 aliphatic carbocycles. The number of benzene rings is 1. The molecular weight excluding hydrogens is 280 g/mol. The van der Waals surface area contributed by atoms with Crippen LogP contribution in [0.5, 0.6) is 0 Å². The van der Waals surface area contributed by atoms with Gasteiger partial charge in [-0.1, -0.05) is 18.1 Å². The molecule has 0 atom stereocenters. The Labute approximate surface area is 127 Å². The van der Waals surface area contributed by atoms with E-state index in [9.17, 15) is 4.79 Å². The van der Waals surface area contributed by atoms with Gasteiger partial charge in [-0.15, -0.1) is 0 Å². The summed E-state index contributed by atoms with van der Waals surface area (Å²) in [5.74, 6) is 0.132. The van der Waals surface area contributed by atoms with Gasteiger partial charge in [-0.3, -0.25) is 15.1 Å². The molecule has 0 spiro atoms. The van der Waals surface area contributed by atoms with Crippen molar-refractivity contribution in [3.63, 3.8) is 0 Å². The Morgan fingerprint density at radius 2 is 2.18 bits per heavy atom. The molecule has 3 aromatic rings. The highest BCUT2D eigenvalue weighted by molar-refractivity contribution is 6.07. The predicted octanol–water partition coefficient (Wildman–Crippen LogP) is 2.19. The monoisotopic (exact) mass is 296 g/mol. The lowest BCUT2D eigenvalue weighted by Gasteiger charge is -2.09. The number of aryl methyl sites for hydroxylation is 2. The van der Waals surface area contributed by atoms with Gasteiger partial charge in [-0.05, 0) is 47.5 Å². The van der Waals surface area contributed by atoms with Gasteiger partial charge in [0.05, 0.1) is 5.52 Å². The summed E-state index contributed by atoms with van der Waals surface area (Å²) in [5, 5.41) is 15.0. The third kappa shape index (κ3) is 2.52. The van der Waals surface area contributed by atoms with E-state index < -0.39 is 0 Å². The van der Waals surface area contributed by atoms with Crippen molar-refractivity contribution in [2.45, 2.75) is 26.8 Å². The topological polar surface area (TPSA) is 85.6 Å². The Morgan fingerprint density at radius 1 is 1.32 bits per heavy atom. The Hall–Kier alpha value is -2.83. The number of tetrazole rings is 1. The van der Waals surface area contributed by atoms with Crippen LogP contribution in [0.2, 0.25) is 0 Å². The summed E-state index contributed by atoms with van der Waals surface area (Å²) in [7, 11) is 0. The van der Waals surface area contributed by atoms with Crippen LogP contribution in [0.1, 0.15) is 29.3 Å². The number of carbonyl (C=O) groups excluding carboxylic acids is 1. The third-order valence-electron chi connectivity index (χ3n) is 3.49. The van der Waals surface area contributed by atoms with Gasteiger partial charge in [0.1, 0.15) is 0 Å². The predicted molar refractivity (Wildman–Crippen MR) is 82.5 cm³/mol. The average Bonchev–Trinajstić information content (AvgIpc) is 2.95. The molecule has 0 radical (unpaired) electrons. The zero-order valence-electron chi connectivity index (χ0n) is 12.4. The summed E-state index contributed by atoms with van der Waals surface area (Å²) in [4.78, 5) is 16.8. The first-order valence-electron chi connectivity index (χ1n) is 7.12. The fourth-order valence-corrected chi connectivity index (χ4v) is 2.37. The van der Waals surface area contributed by atoms with Crippen molar-refractivity contribution < 1.29 is 4.79 Å². The Balaban J connectivity index is 1.92. The number of fused-ring (bicyclic) bond motifs is 1. The molecule has 7 heteroatoms. The molecule has 0 saturated heterocycles. The van der Waals surface area contributed by atoms with E-state index in [4.69, 9.17) is 0 Å². The largest absolute Gasteiger partial charge is 0.289 e. The minimum atomic E-state index is -0.226. The first kappa shape index (κ1) is 14.1. The van der Waals surface area contributed by atoms with Crippen LogP contribution in [0.15, 0.2) is 30.5 Å². The number of nitrogens with one attached hydrogen (secondary N) is 1. The van der Waals surface area contributed by atoms with Crippen molar-refractivity contribution >= 4 is 22.8 Å². The SMILES string of the molecule is CCCn1nnnc1NC(=O)c1ccc2ncccc2c1C. The second kappa shape index (κ2) is 5.88. The van der Waals surface area contributed by atoms with Crippen LogP contribution in [0.4, 0.5) is 5.95 Å². The van der Waals surface area contributed by atoms with Gasteiger partial charge in [-0.25, -0.2) is 4.68 Å². The van der Waals surface area contributed by atoms with E-state index in [0.717, 1.165) is 22.9 Å². The second-order valence-electron chi connectivity index (χ2n) is 4.99. The molecule has 1 amide bonds. The van der Waals surface area contributed by atoms with Crippen LogP contribution >= 0.6 is 0 Å². The fourth-order valence-electron chi connectivity index (χ4n) is 2.37. The van der Waals surface area contributed by atoms with Gasteiger partial charge in [0.25, 0.3) is 5.91 Å². The normalized spacial score (nSPS) is 10.8. The van der Waals surface area contributed by atoms with Crippen LogP contribution in [0.25, 0.3) is 10.9 Å². The van der Waals surface area contributed by atoms with Crippen molar-refractivity contribution in [1.82, 2.24) is 25.2 Å². The number of pyridine rings is 1. The van der Waals surface area contributed by atoms with E-state index in [-0.39, 0.29) is 5.91 Å². The molecule has 7 nitrogen and oxygen atoms in total. The highest BCUT2D eigenvalue weighted by Gasteiger charge is 2.15. The average molecular weight is 296 g/mol. The molecule has 2 aromatic heterocycles. The molecule has 3 rings (SSSR count). The van der Waals surface area contributed by atoms with E-state index in [1.807, 2.05) is 32.0 Å². The smallest absolute Gasteiger partial charge is 0.258 e. The van der Waals surface area contributed by atoms with Crippen molar-refractivity contribution in [2.75, 3.05) is 5.32 Å².